The standard InChI is InChI=1S/C19H32O/c1-3-5-6-16-7-9-17(10-8-16)18-11-13-19(14-12-18)20-15-4-2/h3-4,16-19H,1-2,5-15H2/t16-,17-,18?,19?. The fourth-order valence-electron chi connectivity index (χ4n) is 4.23. The molecule has 0 radical (unpaired) electrons. The lowest BCUT2D eigenvalue weighted by Gasteiger charge is -2.37. The van der Waals surface area contributed by atoms with Crippen molar-refractivity contribution < 1.29 is 4.74 Å². The van der Waals surface area contributed by atoms with Crippen LogP contribution in [-0.4, -0.2) is 12.7 Å². The van der Waals surface area contributed by atoms with Gasteiger partial charge in [0.1, 0.15) is 0 Å². The van der Waals surface area contributed by atoms with E-state index in [-0.39, 0.29) is 0 Å². The van der Waals surface area contributed by atoms with Gasteiger partial charge in [0.15, 0.2) is 0 Å². The van der Waals surface area contributed by atoms with Crippen molar-refractivity contribution in [2.45, 2.75) is 70.3 Å². The van der Waals surface area contributed by atoms with Gasteiger partial charge >= 0.3 is 0 Å². The Morgan fingerprint density at radius 1 is 0.800 bits per heavy atom. The Bertz CT molecular complexity index is 250. The van der Waals surface area contributed by atoms with Gasteiger partial charge in [-0.25, -0.2) is 0 Å². The minimum atomic E-state index is 0.508. The van der Waals surface area contributed by atoms with Crippen LogP contribution < -0.4 is 0 Å². The lowest BCUT2D eigenvalue weighted by atomic mass is 9.70. The van der Waals surface area contributed by atoms with Gasteiger partial charge in [-0.2, -0.15) is 0 Å². The normalized spacial score (nSPS) is 34.6. The summed E-state index contributed by atoms with van der Waals surface area (Å²) in [4.78, 5) is 0. The average molecular weight is 276 g/mol. The zero-order valence-electron chi connectivity index (χ0n) is 13.1. The molecule has 0 aromatic heterocycles. The first kappa shape index (κ1) is 15.8. The van der Waals surface area contributed by atoms with E-state index in [1.165, 1.54) is 64.2 Å². The van der Waals surface area contributed by atoms with Gasteiger partial charge in [-0.3, -0.25) is 0 Å². The molecule has 0 aromatic rings. The second kappa shape index (κ2) is 8.67. The van der Waals surface area contributed by atoms with Crippen molar-refractivity contribution in [2.24, 2.45) is 17.8 Å². The molecule has 0 atom stereocenters. The largest absolute Gasteiger partial charge is 0.374 e. The van der Waals surface area contributed by atoms with Crippen LogP contribution in [0.25, 0.3) is 0 Å². The van der Waals surface area contributed by atoms with Crippen LogP contribution in [0.2, 0.25) is 0 Å². The highest BCUT2D eigenvalue weighted by atomic mass is 16.5. The van der Waals surface area contributed by atoms with Gasteiger partial charge < -0.3 is 4.74 Å². The molecule has 0 amide bonds. The molecule has 0 aliphatic heterocycles. The molecule has 2 rings (SSSR count). The second-order valence-electron chi connectivity index (χ2n) is 6.81. The first-order valence-corrected chi connectivity index (χ1v) is 8.66. The van der Waals surface area contributed by atoms with Crippen molar-refractivity contribution in [3.05, 3.63) is 25.3 Å². The Morgan fingerprint density at radius 2 is 1.40 bits per heavy atom. The molecule has 0 aromatic carbocycles. The third-order valence-corrected chi connectivity index (χ3v) is 5.51. The maximum absolute atomic E-state index is 5.80. The molecule has 20 heavy (non-hydrogen) atoms. The number of allylic oxidation sites excluding steroid dienone is 1. The zero-order chi connectivity index (χ0) is 14.2. The summed E-state index contributed by atoms with van der Waals surface area (Å²) in [6.45, 7) is 8.30. The second-order valence-corrected chi connectivity index (χ2v) is 6.81. The summed E-state index contributed by atoms with van der Waals surface area (Å²) in [6.07, 6.45) is 18.3. The zero-order valence-corrected chi connectivity index (χ0v) is 13.1. The van der Waals surface area contributed by atoms with Crippen LogP contribution >= 0.6 is 0 Å². The SMILES string of the molecule is C=CCC[C@H]1CC[C@H](C2CCC(OCC=C)CC2)CC1. The molecule has 114 valence electrons. The molecule has 2 aliphatic rings. The summed E-state index contributed by atoms with van der Waals surface area (Å²) in [5.41, 5.74) is 0. The van der Waals surface area contributed by atoms with Gasteiger partial charge in [0, 0.05) is 0 Å². The molecule has 0 N–H and O–H groups in total. The van der Waals surface area contributed by atoms with E-state index in [1.807, 2.05) is 6.08 Å². The van der Waals surface area contributed by atoms with Gasteiger partial charge in [-0.15, -0.1) is 13.2 Å². The van der Waals surface area contributed by atoms with Crippen LogP contribution in [0, 0.1) is 17.8 Å². The average Bonchev–Trinajstić information content (AvgIpc) is 2.52. The van der Waals surface area contributed by atoms with Crippen molar-refractivity contribution in [3.8, 4) is 0 Å². The molecule has 2 fully saturated rings. The van der Waals surface area contributed by atoms with Gasteiger partial charge in [0.05, 0.1) is 12.7 Å². The van der Waals surface area contributed by atoms with Gasteiger partial charge in [0.2, 0.25) is 0 Å². The molecular formula is C19H32O. The number of hydrogen-bond donors (Lipinski definition) is 0. The van der Waals surface area contributed by atoms with Crippen molar-refractivity contribution in [2.75, 3.05) is 6.61 Å². The third kappa shape index (κ3) is 4.77. The molecule has 0 unspecified atom stereocenters. The quantitative estimate of drug-likeness (QED) is 0.556. The first-order valence-electron chi connectivity index (χ1n) is 8.66. The van der Waals surface area contributed by atoms with Crippen molar-refractivity contribution in [1.82, 2.24) is 0 Å². The molecule has 0 spiro atoms. The smallest absolute Gasteiger partial charge is 0.0648 e. The van der Waals surface area contributed by atoms with E-state index in [0.29, 0.717) is 6.10 Å². The Labute approximate surface area is 125 Å². The van der Waals surface area contributed by atoms with Gasteiger partial charge in [-0.05, 0) is 69.1 Å². The van der Waals surface area contributed by atoms with E-state index >= 15 is 0 Å². The van der Waals surface area contributed by atoms with E-state index in [9.17, 15) is 0 Å². The summed E-state index contributed by atoms with van der Waals surface area (Å²) >= 11 is 0. The molecular weight excluding hydrogens is 244 g/mol. The number of hydrogen-bond acceptors (Lipinski definition) is 1. The Hall–Kier alpha value is -0.560. The van der Waals surface area contributed by atoms with Crippen molar-refractivity contribution in [1.29, 1.82) is 0 Å². The van der Waals surface area contributed by atoms with Crippen LogP contribution in [0.5, 0.6) is 0 Å². The maximum atomic E-state index is 5.80. The first-order chi connectivity index (χ1) is 9.83. The summed E-state index contributed by atoms with van der Waals surface area (Å²) in [5, 5.41) is 0. The van der Waals surface area contributed by atoms with Crippen LogP contribution in [0.4, 0.5) is 0 Å². The van der Waals surface area contributed by atoms with E-state index in [1.54, 1.807) is 0 Å². The molecule has 1 heteroatoms. The van der Waals surface area contributed by atoms with Crippen LogP contribution in [0.15, 0.2) is 25.3 Å². The molecule has 2 aliphatic carbocycles. The Morgan fingerprint density at radius 3 is 1.95 bits per heavy atom. The Kier molecular flexibility index (Phi) is 6.86. The highest BCUT2D eigenvalue weighted by Gasteiger charge is 2.30. The van der Waals surface area contributed by atoms with E-state index in [4.69, 9.17) is 4.74 Å². The summed E-state index contributed by atoms with van der Waals surface area (Å²) in [7, 11) is 0. The minimum Gasteiger partial charge on any atom is -0.374 e. The van der Waals surface area contributed by atoms with Crippen molar-refractivity contribution >= 4 is 0 Å². The fraction of sp³-hybridized carbons (Fsp3) is 0.789. The molecule has 0 heterocycles. The van der Waals surface area contributed by atoms with Crippen molar-refractivity contribution in [3.63, 3.8) is 0 Å². The van der Waals surface area contributed by atoms with Crippen LogP contribution in [0.3, 0.4) is 0 Å². The number of rotatable bonds is 7. The predicted molar refractivity (Wildman–Crippen MR) is 86.8 cm³/mol. The topological polar surface area (TPSA) is 9.23 Å². The van der Waals surface area contributed by atoms with Gasteiger partial charge in [-0.1, -0.05) is 25.0 Å². The van der Waals surface area contributed by atoms with Gasteiger partial charge in [0.25, 0.3) is 0 Å². The predicted octanol–water partition coefficient (Wildman–Crippen LogP) is 5.52. The maximum Gasteiger partial charge on any atom is 0.0648 e. The van der Waals surface area contributed by atoms with E-state index < -0.39 is 0 Å². The fourth-order valence-corrected chi connectivity index (χ4v) is 4.23. The lowest BCUT2D eigenvalue weighted by Crippen LogP contribution is -2.28. The van der Waals surface area contributed by atoms with Crippen LogP contribution in [0.1, 0.15) is 64.2 Å². The molecule has 2 saturated carbocycles. The third-order valence-electron chi connectivity index (χ3n) is 5.51. The summed E-state index contributed by atoms with van der Waals surface area (Å²) in [5.74, 6) is 2.98. The monoisotopic (exact) mass is 276 g/mol. The molecule has 1 nitrogen and oxygen atoms in total. The highest BCUT2D eigenvalue weighted by Crippen LogP contribution is 2.41. The minimum absolute atomic E-state index is 0.508. The Balaban J connectivity index is 1.65. The molecule has 0 saturated heterocycles. The number of ether oxygens (including phenoxy) is 1. The van der Waals surface area contributed by atoms with E-state index in [2.05, 4.69) is 19.2 Å². The molecule has 0 bridgehead atoms. The van der Waals surface area contributed by atoms with Crippen LogP contribution in [-0.2, 0) is 4.74 Å². The highest BCUT2D eigenvalue weighted by molar-refractivity contribution is 4.83. The lowest BCUT2D eigenvalue weighted by molar-refractivity contribution is 0.0211. The summed E-state index contributed by atoms with van der Waals surface area (Å²) in [6, 6.07) is 0. The summed E-state index contributed by atoms with van der Waals surface area (Å²) < 4.78 is 5.80. The van der Waals surface area contributed by atoms with E-state index in [0.717, 1.165) is 24.4 Å².